The fourth-order valence-corrected chi connectivity index (χ4v) is 4.40. The summed E-state index contributed by atoms with van der Waals surface area (Å²) in [5.74, 6) is 0.377. The van der Waals surface area contributed by atoms with Gasteiger partial charge in [-0.2, -0.15) is 0 Å². The molecule has 1 saturated carbocycles. The second kappa shape index (κ2) is 4.57. The summed E-state index contributed by atoms with van der Waals surface area (Å²) in [5, 5.41) is 0. The van der Waals surface area contributed by atoms with Gasteiger partial charge in [0.1, 0.15) is 0 Å². The van der Waals surface area contributed by atoms with Gasteiger partial charge in [0.05, 0.1) is 4.90 Å². The number of hydrogen-bond acceptors (Lipinski definition) is 2. The van der Waals surface area contributed by atoms with Crippen LogP contribution in [0.4, 0.5) is 0 Å². The summed E-state index contributed by atoms with van der Waals surface area (Å²) in [4.78, 5) is 0.304. The Balaban J connectivity index is 2.08. The SMILES string of the molecule is CC1(C)C(CNS(=O)(=O)c2cccc(Br)c2)C1(C)C. The molecule has 0 saturated heterocycles. The van der Waals surface area contributed by atoms with Crippen molar-refractivity contribution in [3.05, 3.63) is 28.7 Å². The van der Waals surface area contributed by atoms with Crippen LogP contribution in [0.5, 0.6) is 0 Å². The van der Waals surface area contributed by atoms with Gasteiger partial charge in [-0.3, -0.25) is 0 Å². The quantitative estimate of drug-likeness (QED) is 0.908. The molecule has 0 atom stereocenters. The van der Waals surface area contributed by atoms with Gasteiger partial charge in [-0.25, -0.2) is 13.1 Å². The minimum atomic E-state index is -3.42. The van der Waals surface area contributed by atoms with Crippen molar-refractivity contribution in [3.63, 3.8) is 0 Å². The maximum Gasteiger partial charge on any atom is 0.240 e. The molecule has 1 aliphatic rings. The lowest BCUT2D eigenvalue weighted by Gasteiger charge is -2.08. The molecule has 0 heterocycles. The van der Waals surface area contributed by atoms with E-state index in [-0.39, 0.29) is 10.8 Å². The monoisotopic (exact) mass is 345 g/mol. The summed E-state index contributed by atoms with van der Waals surface area (Å²) in [5.41, 5.74) is 0.375. The van der Waals surface area contributed by atoms with Crippen LogP contribution in [0.1, 0.15) is 27.7 Å². The van der Waals surface area contributed by atoms with E-state index in [4.69, 9.17) is 0 Å². The zero-order valence-electron chi connectivity index (χ0n) is 11.7. The molecule has 0 spiro atoms. The van der Waals surface area contributed by atoms with Crippen molar-refractivity contribution in [3.8, 4) is 0 Å². The predicted molar refractivity (Wildman–Crippen MR) is 80.4 cm³/mol. The number of rotatable bonds is 4. The number of nitrogens with one attached hydrogen (secondary N) is 1. The summed E-state index contributed by atoms with van der Waals surface area (Å²) in [6.45, 7) is 9.24. The van der Waals surface area contributed by atoms with Gasteiger partial charge >= 0.3 is 0 Å². The van der Waals surface area contributed by atoms with Crippen LogP contribution in [-0.4, -0.2) is 15.0 Å². The summed E-state index contributed by atoms with van der Waals surface area (Å²) in [7, 11) is -3.42. The van der Waals surface area contributed by atoms with Crippen molar-refractivity contribution in [2.45, 2.75) is 32.6 Å². The first-order valence-electron chi connectivity index (χ1n) is 6.34. The molecule has 1 aromatic rings. The number of benzene rings is 1. The highest BCUT2D eigenvalue weighted by molar-refractivity contribution is 9.10. The number of sulfonamides is 1. The Hall–Kier alpha value is -0.390. The molecule has 5 heteroatoms. The van der Waals surface area contributed by atoms with Crippen LogP contribution in [0.25, 0.3) is 0 Å². The van der Waals surface area contributed by atoms with Gasteiger partial charge < -0.3 is 0 Å². The lowest BCUT2D eigenvalue weighted by molar-refractivity contribution is 0.457. The van der Waals surface area contributed by atoms with Crippen molar-refractivity contribution in [2.75, 3.05) is 6.54 Å². The second-order valence-corrected chi connectivity index (χ2v) is 8.99. The lowest BCUT2D eigenvalue weighted by atomic mass is 10.0. The van der Waals surface area contributed by atoms with Gasteiger partial charge in [0.25, 0.3) is 0 Å². The molecule has 0 radical (unpaired) electrons. The minimum Gasteiger partial charge on any atom is -0.211 e. The average Bonchev–Trinajstić information content (AvgIpc) is 2.67. The molecule has 1 aliphatic carbocycles. The summed E-state index contributed by atoms with van der Waals surface area (Å²) >= 11 is 3.29. The van der Waals surface area contributed by atoms with Crippen LogP contribution in [0, 0.1) is 16.7 Å². The van der Waals surface area contributed by atoms with Gasteiger partial charge in [-0.1, -0.05) is 49.7 Å². The maximum absolute atomic E-state index is 12.2. The first-order chi connectivity index (χ1) is 8.59. The third-order valence-corrected chi connectivity index (χ3v) is 6.82. The first-order valence-corrected chi connectivity index (χ1v) is 8.62. The zero-order chi connectivity index (χ0) is 14.5. The van der Waals surface area contributed by atoms with E-state index in [2.05, 4.69) is 48.3 Å². The molecule has 0 unspecified atom stereocenters. The zero-order valence-corrected chi connectivity index (χ0v) is 14.1. The van der Waals surface area contributed by atoms with Gasteiger partial charge in [-0.15, -0.1) is 0 Å². The molecule has 0 aliphatic heterocycles. The van der Waals surface area contributed by atoms with Crippen molar-refractivity contribution >= 4 is 26.0 Å². The van der Waals surface area contributed by atoms with E-state index in [1.165, 1.54) is 0 Å². The van der Waals surface area contributed by atoms with Crippen LogP contribution in [0.3, 0.4) is 0 Å². The highest BCUT2D eigenvalue weighted by Gasteiger charge is 2.64. The maximum atomic E-state index is 12.2. The number of hydrogen-bond donors (Lipinski definition) is 1. The van der Waals surface area contributed by atoms with Gasteiger partial charge in [0.15, 0.2) is 0 Å². The van der Waals surface area contributed by atoms with Crippen LogP contribution in [0.15, 0.2) is 33.6 Å². The van der Waals surface area contributed by atoms with Crippen molar-refractivity contribution < 1.29 is 8.42 Å². The van der Waals surface area contributed by atoms with Crippen LogP contribution >= 0.6 is 15.9 Å². The molecule has 3 nitrogen and oxygen atoms in total. The smallest absolute Gasteiger partial charge is 0.211 e. The fourth-order valence-electron chi connectivity index (χ4n) is 2.75. The van der Waals surface area contributed by atoms with Gasteiger partial charge in [0.2, 0.25) is 10.0 Å². The molecule has 1 aromatic carbocycles. The Kier molecular flexibility index (Phi) is 3.61. The molecular weight excluding hydrogens is 326 g/mol. The van der Waals surface area contributed by atoms with Crippen molar-refractivity contribution in [1.82, 2.24) is 4.72 Å². The summed E-state index contributed by atoms with van der Waals surface area (Å²) in [6, 6.07) is 6.76. The van der Waals surface area contributed by atoms with E-state index in [0.717, 1.165) is 4.47 Å². The Morgan fingerprint density at radius 2 is 1.79 bits per heavy atom. The highest BCUT2D eigenvalue weighted by atomic mass is 79.9. The topological polar surface area (TPSA) is 46.2 Å². The van der Waals surface area contributed by atoms with Gasteiger partial charge in [0, 0.05) is 11.0 Å². The molecule has 1 fully saturated rings. The Morgan fingerprint density at radius 1 is 1.21 bits per heavy atom. The van der Waals surface area contributed by atoms with E-state index in [9.17, 15) is 8.42 Å². The third kappa shape index (κ3) is 2.60. The molecule has 0 aromatic heterocycles. The predicted octanol–water partition coefficient (Wildman–Crippen LogP) is 3.41. The number of halogens is 1. The average molecular weight is 346 g/mol. The van der Waals surface area contributed by atoms with Crippen LogP contribution < -0.4 is 4.72 Å². The van der Waals surface area contributed by atoms with E-state index < -0.39 is 10.0 Å². The highest BCUT2D eigenvalue weighted by Crippen LogP contribution is 2.67. The molecule has 1 N–H and O–H groups in total. The van der Waals surface area contributed by atoms with E-state index in [1.807, 2.05) is 6.07 Å². The van der Waals surface area contributed by atoms with Crippen molar-refractivity contribution in [2.24, 2.45) is 16.7 Å². The molecule has 19 heavy (non-hydrogen) atoms. The van der Waals surface area contributed by atoms with E-state index in [0.29, 0.717) is 17.4 Å². The lowest BCUT2D eigenvalue weighted by Crippen LogP contribution is -2.27. The summed E-state index contributed by atoms with van der Waals surface area (Å²) < 4.78 is 27.9. The Bertz CT molecular complexity index is 579. The fraction of sp³-hybridized carbons (Fsp3) is 0.571. The van der Waals surface area contributed by atoms with Crippen LogP contribution in [-0.2, 0) is 10.0 Å². The van der Waals surface area contributed by atoms with Crippen LogP contribution in [0.2, 0.25) is 0 Å². The first kappa shape index (κ1) is 15.0. The minimum absolute atomic E-state index is 0.187. The Morgan fingerprint density at radius 3 is 2.26 bits per heavy atom. The van der Waals surface area contributed by atoms with E-state index >= 15 is 0 Å². The molecule has 0 amide bonds. The second-order valence-electron chi connectivity index (χ2n) is 6.31. The van der Waals surface area contributed by atoms with Gasteiger partial charge in [-0.05, 0) is 34.9 Å². The third-order valence-electron chi connectivity index (χ3n) is 4.90. The molecule has 2 rings (SSSR count). The summed E-state index contributed by atoms with van der Waals surface area (Å²) in [6.07, 6.45) is 0. The van der Waals surface area contributed by atoms with E-state index in [1.54, 1.807) is 18.2 Å². The Labute approximate surface area is 124 Å². The normalized spacial score (nSPS) is 21.3. The molecule has 106 valence electrons. The largest absolute Gasteiger partial charge is 0.240 e. The molecule has 0 bridgehead atoms. The molecular formula is C14H20BrNO2S. The van der Waals surface area contributed by atoms with Crippen molar-refractivity contribution in [1.29, 1.82) is 0 Å². The standard InChI is InChI=1S/C14H20BrNO2S/c1-13(2)12(14(13,3)4)9-16-19(17,18)11-7-5-6-10(15)8-11/h5-8,12,16H,9H2,1-4H3.